The molecule has 3 aromatic rings. The van der Waals surface area contributed by atoms with Gasteiger partial charge in [-0.3, -0.25) is 9.59 Å². The van der Waals surface area contributed by atoms with Gasteiger partial charge < -0.3 is 10.6 Å². The average Bonchev–Trinajstić information content (AvgIpc) is 3.19. The summed E-state index contributed by atoms with van der Waals surface area (Å²) in [6.45, 7) is 2.09. The minimum Gasteiger partial charge on any atom is -0.344 e. The number of nitrogens with zero attached hydrogens (tertiary/aromatic N) is 2. The first-order valence-electron chi connectivity index (χ1n) is 9.34. The van der Waals surface area contributed by atoms with E-state index in [1.54, 1.807) is 0 Å². The van der Waals surface area contributed by atoms with Crippen molar-refractivity contribution < 1.29 is 18.0 Å². The van der Waals surface area contributed by atoms with Crippen LogP contribution in [0.5, 0.6) is 0 Å². The largest absolute Gasteiger partial charge is 0.344 e. The van der Waals surface area contributed by atoms with Gasteiger partial charge in [0.25, 0.3) is 0 Å². The molecular formula is C21H20N4O4S. The van der Waals surface area contributed by atoms with E-state index in [1.165, 1.54) is 4.68 Å². The van der Waals surface area contributed by atoms with Crippen molar-refractivity contribution in [3.63, 3.8) is 0 Å². The molecule has 0 bridgehead atoms. The molecule has 2 amide bonds. The number of aromatic nitrogens is 2. The van der Waals surface area contributed by atoms with Crippen molar-refractivity contribution in [2.45, 2.75) is 25.0 Å². The number of sulfone groups is 1. The SMILES string of the molecule is Cc1ccccc1-n1nc2c(c1NC(=O)C(=O)NCc1ccccc1)CS(=O)(=O)C2. The first-order valence-corrected chi connectivity index (χ1v) is 11.2. The molecule has 0 fully saturated rings. The van der Waals surface area contributed by atoms with Gasteiger partial charge in [0.2, 0.25) is 0 Å². The predicted octanol–water partition coefficient (Wildman–Crippen LogP) is 1.86. The Labute approximate surface area is 173 Å². The third kappa shape index (κ3) is 3.97. The quantitative estimate of drug-likeness (QED) is 0.621. The van der Waals surface area contributed by atoms with Crippen LogP contribution in [0.1, 0.15) is 22.4 Å². The Hall–Kier alpha value is -3.46. The number of hydrogen-bond acceptors (Lipinski definition) is 5. The lowest BCUT2D eigenvalue weighted by Gasteiger charge is -2.13. The lowest BCUT2D eigenvalue weighted by molar-refractivity contribution is -0.136. The average molecular weight is 424 g/mol. The molecule has 9 heteroatoms. The summed E-state index contributed by atoms with van der Waals surface area (Å²) in [5, 5.41) is 9.56. The Morgan fingerprint density at radius 3 is 2.43 bits per heavy atom. The predicted molar refractivity (Wildman–Crippen MR) is 112 cm³/mol. The lowest BCUT2D eigenvalue weighted by Crippen LogP contribution is -2.35. The van der Waals surface area contributed by atoms with Gasteiger partial charge in [0.1, 0.15) is 5.82 Å². The van der Waals surface area contributed by atoms with Crippen molar-refractivity contribution in [1.82, 2.24) is 15.1 Å². The number of aryl methyl sites for hydroxylation is 1. The van der Waals surface area contributed by atoms with Crippen LogP contribution in [0.2, 0.25) is 0 Å². The second-order valence-electron chi connectivity index (χ2n) is 7.13. The molecule has 1 aromatic heterocycles. The van der Waals surface area contributed by atoms with Crippen LogP contribution in [0.25, 0.3) is 5.69 Å². The molecule has 2 N–H and O–H groups in total. The highest BCUT2D eigenvalue weighted by molar-refractivity contribution is 7.90. The molecular weight excluding hydrogens is 404 g/mol. The number of carbonyl (C=O) groups is 2. The van der Waals surface area contributed by atoms with E-state index in [9.17, 15) is 18.0 Å². The molecule has 8 nitrogen and oxygen atoms in total. The summed E-state index contributed by atoms with van der Waals surface area (Å²) in [6.07, 6.45) is 0. The summed E-state index contributed by atoms with van der Waals surface area (Å²) in [7, 11) is -3.32. The first-order chi connectivity index (χ1) is 14.3. The van der Waals surface area contributed by atoms with E-state index in [0.717, 1.165) is 11.1 Å². The molecule has 0 atom stereocenters. The summed E-state index contributed by atoms with van der Waals surface area (Å²) < 4.78 is 25.6. The first kappa shape index (κ1) is 19.8. The summed E-state index contributed by atoms with van der Waals surface area (Å²) in [5.41, 5.74) is 3.26. The summed E-state index contributed by atoms with van der Waals surface area (Å²) in [4.78, 5) is 24.9. The zero-order valence-corrected chi connectivity index (χ0v) is 17.1. The molecule has 1 aliphatic rings. The number of anilines is 1. The third-order valence-corrected chi connectivity index (χ3v) is 6.31. The molecule has 2 heterocycles. The van der Waals surface area contributed by atoms with Crippen LogP contribution in [0, 0.1) is 6.92 Å². The summed E-state index contributed by atoms with van der Waals surface area (Å²) in [6, 6.07) is 16.6. The number of para-hydroxylation sites is 1. The van der Waals surface area contributed by atoms with Crippen molar-refractivity contribution in [1.29, 1.82) is 0 Å². The van der Waals surface area contributed by atoms with Gasteiger partial charge in [0.05, 0.1) is 22.9 Å². The number of nitrogens with one attached hydrogen (secondary N) is 2. The maximum Gasteiger partial charge on any atom is 0.314 e. The Balaban J connectivity index is 1.60. The van der Waals surface area contributed by atoms with Crippen molar-refractivity contribution in [2.24, 2.45) is 0 Å². The van der Waals surface area contributed by atoms with Gasteiger partial charge in [-0.15, -0.1) is 0 Å². The zero-order chi connectivity index (χ0) is 21.3. The van der Waals surface area contributed by atoms with Crippen LogP contribution in [-0.4, -0.2) is 30.0 Å². The summed E-state index contributed by atoms with van der Waals surface area (Å²) in [5.74, 6) is -1.90. The monoisotopic (exact) mass is 424 g/mol. The fourth-order valence-electron chi connectivity index (χ4n) is 3.37. The van der Waals surface area contributed by atoms with Gasteiger partial charge in [0, 0.05) is 12.1 Å². The molecule has 30 heavy (non-hydrogen) atoms. The Morgan fingerprint density at radius 1 is 1.00 bits per heavy atom. The van der Waals surface area contributed by atoms with Crippen molar-refractivity contribution in [3.05, 3.63) is 77.0 Å². The minimum atomic E-state index is -3.32. The van der Waals surface area contributed by atoms with E-state index in [4.69, 9.17) is 0 Å². The van der Waals surface area contributed by atoms with E-state index >= 15 is 0 Å². The lowest BCUT2D eigenvalue weighted by atomic mass is 10.2. The number of benzene rings is 2. The Bertz CT molecular complexity index is 1230. The van der Waals surface area contributed by atoms with Gasteiger partial charge in [-0.25, -0.2) is 13.1 Å². The highest BCUT2D eigenvalue weighted by Gasteiger charge is 2.34. The molecule has 0 radical (unpaired) electrons. The van der Waals surface area contributed by atoms with Crippen LogP contribution in [-0.2, 0) is 37.5 Å². The van der Waals surface area contributed by atoms with E-state index in [2.05, 4.69) is 15.7 Å². The maximum absolute atomic E-state index is 12.5. The van der Waals surface area contributed by atoms with E-state index < -0.39 is 21.7 Å². The molecule has 154 valence electrons. The maximum atomic E-state index is 12.5. The van der Waals surface area contributed by atoms with Gasteiger partial charge >= 0.3 is 11.8 Å². The van der Waals surface area contributed by atoms with E-state index in [-0.39, 0.29) is 23.9 Å². The van der Waals surface area contributed by atoms with Crippen LogP contribution in [0.3, 0.4) is 0 Å². The molecule has 1 aliphatic heterocycles. The molecule has 4 rings (SSSR count). The van der Waals surface area contributed by atoms with Gasteiger partial charge in [-0.05, 0) is 24.1 Å². The fourth-order valence-corrected chi connectivity index (χ4v) is 4.86. The van der Waals surface area contributed by atoms with Gasteiger partial charge in [-0.2, -0.15) is 5.10 Å². The number of carbonyl (C=O) groups excluding carboxylic acids is 2. The third-order valence-electron chi connectivity index (χ3n) is 4.87. The molecule has 0 spiro atoms. The fraction of sp³-hybridized carbons (Fsp3) is 0.190. The van der Waals surface area contributed by atoms with Crippen LogP contribution in [0.4, 0.5) is 5.82 Å². The highest BCUT2D eigenvalue weighted by Crippen LogP contribution is 2.33. The molecule has 0 unspecified atom stereocenters. The normalized spacial score (nSPS) is 14.2. The van der Waals surface area contributed by atoms with Crippen molar-refractivity contribution in [2.75, 3.05) is 5.32 Å². The Morgan fingerprint density at radius 2 is 1.70 bits per heavy atom. The van der Waals surface area contributed by atoms with Gasteiger partial charge in [-0.1, -0.05) is 48.5 Å². The number of amides is 2. The van der Waals surface area contributed by atoms with E-state index in [0.29, 0.717) is 16.9 Å². The molecule has 0 saturated heterocycles. The number of hydrogen-bond donors (Lipinski definition) is 2. The smallest absolute Gasteiger partial charge is 0.314 e. The van der Waals surface area contributed by atoms with Crippen LogP contribution in [0.15, 0.2) is 54.6 Å². The van der Waals surface area contributed by atoms with Gasteiger partial charge in [0.15, 0.2) is 9.84 Å². The highest BCUT2D eigenvalue weighted by atomic mass is 32.2. The zero-order valence-electron chi connectivity index (χ0n) is 16.3. The number of rotatable bonds is 4. The van der Waals surface area contributed by atoms with Crippen molar-refractivity contribution >= 4 is 27.5 Å². The second kappa shape index (κ2) is 7.75. The Kier molecular flexibility index (Phi) is 5.13. The van der Waals surface area contributed by atoms with Crippen LogP contribution >= 0.6 is 0 Å². The molecule has 0 saturated carbocycles. The van der Waals surface area contributed by atoms with Crippen molar-refractivity contribution in [3.8, 4) is 5.69 Å². The van der Waals surface area contributed by atoms with E-state index in [1.807, 2.05) is 61.5 Å². The number of fused-ring (bicyclic) bond motifs is 1. The topological polar surface area (TPSA) is 110 Å². The minimum absolute atomic E-state index is 0.190. The van der Waals surface area contributed by atoms with Crippen LogP contribution < -0.4 is 10.6 Å². The second-order valence-corrected chi connectivity index (χ2v) is 9.19. The molecule has 0 aliphatic carbocycles. The summed E-state index contributed by atoms with van der Waals surface area (Å²) >= 11 is 0. The molecule has 2 aromatic carbocycles. The standard InChI is InChI=1S/C21H20N4O4S/c1-14-7-5-6-10-18(14)25-19(16-12-30(28,29)13-17(16)24-25)23-21(27)20(26)22-11-15-8-3-2-4-9-15/h2-10H,11-13H2,1H3,(H,22,26)(H,23,27).